The molecule has 2 heterocycles. The molecule has 6 heteroatoms. The number of ether oxygens (including phenoxy) is 1. The average Bonchev–Trinajstić information content (AvgIpc) is 2.72. The summed E-state index contributed by atoms with van der Waals surface area (Å²) in [4.78, 5) is 14.4. The first-order chi connectivity index (χ1) is 14.0. The molecule has 1 aliphatic rings. The van der Waals surface area contributed by atoms with Crippen LogP contribution in [-0.2, 0) is 6.54 Å². The molecule has 4 rings (SSSR count). The summed E-state index contributed by atoms with van der Waals surface area (Å²) in [6.45, 7) is 7.48. The van der Waals surface area contributed by atoms with E-state index in [-0.39, 0.29) is 18.0 Å². The summed E-state index contributed by atoms with van der Waals surface area (Å²) in [5.41, 5.74) is 3.22. The second kappa shape index (κ2) is 9.86. The molecule has 0 spiro atoms. The number of hydrogen-bond donors (Lipinski definition) is 0. The second-order valence-corrected chi connectivity index (χ2v) is 8.41. The molecular weight excluding hydrogens is 421 g/mol. The lowest BCUT2D eigenvalue weighted by molar-refractivity contribution is 0.125. The van der Waals surface area contributed by atoms with E-state index in [9.17, 15) is 4.79 Å². The van der Waals surface area contributed by atoms with Crippen LogP contribution >= 0.6 is 24.0 Å². The zero-order valence-corrected chi connectivity index (χ0v) is 18.9. The van der Waals surface area contributed by atoms with Gasteiger partial charge in [0.25, 0.3) is 0 Å². The second-order valence-electron chi connectivity index (χ2n) is 7.98. The number of aryl methyl sites for hydroxylation is 1. The van der Waals surface area contributed by atoms with Gasteiger partial charge in [-0.3, -0.25) is 4.90 Å². The van der Waals surface area contributed by atoms with Crippen LogP contribution in [0.25, 0.3) is 11.0 Å². The van der Waals surface area contributed by atoms with Crippen molar-refractivity contribution in [3.8, 4) is 5.75 Å². The molecule has 4 nitrogen and oxygen atoms in total. The topological polar surface area (TPSA) is 42.7 Å². The van der Waals surface area contributed by atoms with Crippen molar-refractivity contribution in [3.05, 3.63) is 74.6 Å². The Bertz CT molecular complexity index is 1060. The van der Waals surface area contributed by atoms with Crippen molar-refractivity contribution >= 4 is 35.0 Å². The Morgan fingerprint density at radius 2 is 1.90 bits per heavy atom. The standard InChI is InChI=1S/C24H26ClNO3.ClH/c1-16-17(2)24(27)29-23-12-21(9-10-22(16)23)28-15-19-4-3-11-26(14-19)13-18-5-7-20(25)8-6-18;/h5-10,12,19H,3-4,11,13-15H2,1-2H3;1H. The quantitative estimate of drug-likeness (QED) is 0.465. The largest absolute Gasteiger partial charge is 0.493 e. The molecule has 0 amide bonds. The molecule has 1 saturated heterocycles. The molecular formula is C24H27Cl2NO3. The molecule has 0 saturated carbocycles. The van der Waals surface area contributed by atoms with E-state index < -0.39 is 0 Å². The summed E-state index contributed by atoms with van der Waals surface area (Å²) in [6.07, 6.45) is 2.34. The van der Waals surface area contributed by atoms with Crippen molar-refractivity contribution in [2.75, 3.05) is 19.7 Å². The maximum absolute atomic E-state index is 12.0. The van der Waals surface area contributed by atoms with Gasteiger partial charge in [-0.05, 0) is 68.6 Å². The van der Waals surface area contributed by atoms with Crippen molar-refractivity contribution in [3.63, 3.8) is 0 Å². The van der Waals surface area contributed by atoms with Crippen LogP contribution in [0.3, 0.4) is 0 Å². The van der Waals surface area contributed by atoms with Gasteiger partial charge in [-0.25, -0.2) is 4.79 Å². The predicted molar refractivity (Wildman–Crippen MR) is 124 cm³/mol. The number of halogens is 2. The molecule has 2 aromatic carbocycles. The van der Waals surface area contributed by atoms with Crippen LogP contribution in [0.1, 0.15) is 29.5 Å². The third kappa shape index (κ3) is 5.18. The summed E-state index contributed by atoms with van der Waals surface area (Å²) >= 11 is 5.98. The summed E-state index contributed by atoms with van der Waals surface area (Å²) in [7, 11) is 0. The number of hydrogen-bond acceptors (Lipinski definition) is 4. The van der Waals surface area contributed by atoms with E-state index in [0.29, 0.717) is 23.7 Å². The highest BCUT2D eigenvalue weighted by Gasteiger charge is 2.21. The highest BCUT2D eigenvalue weighted by molar-refractivity contribution is 6.30. The van der Waals surface area contributed by atoms with E-state index >= 15 is 0 Å². The molecule has 1 unspecified atom stereocenters. The van der Waals surface area contributed by atoms with Gasteiger partial charge in [0.2, 0.25) is 0 Å². The van der Waals surface area contributed by atoms with Gasteiger partial charge in [-0.15, -0.1) is 12.4 Å². The van der Waals surface area contributed by atoms with Crippen molar-refractivity contribution in [2.24, 2.45) is 5.92 Å². The Morgan fingerprint density at radius 3 is 2.67 bits per heavy atom. The minimum Gasteiger partial charge on any atom is -0.493 e. The van der Waals surface area contributed by atoms with Crippen LogP contribution in [0.4, 0.5) is 0 Å². The van der Waals surface area contributed by atoms with E-state index in [4.69, 9.17) is 20.8 Å². The summed E-state index contributed by atoms with van der Waals surface area (Å²) in [5, 5.41) is 1.73. The van der Waals surface area contributed by atoms with Crippen LogP contribution in [0, 0.1) is 19.8 Å². The van der Waals surface area contributed by atoms with Crippen LogP contribution in [-0.4, -0.2) is 24.6 Å². The Kier molecular flexibility index (Phi) is 7.45. The molecule has 1 aliphatic heterocycles. The fourth-order valence-electron chi connectivity index (χ4n) is 4.01. The number of rotatable bonds is 5. The average molecular weight is 448 g/mol. The predicted octanol–water partition coefficient (Wildman–Crippen LogP) is 5.78. The summed E-state index contributed by atoms with van der Waals surface area (Å²) in [5.74, 6) is 1.23. The van der Waals surface area contributed by atoms with E-state index in [0.717, 1.165) is 47.8 Å². The first kappa shape index (κ1) is 22.7. The molecule has 30 heavy (non-hydrogen) atoms. The van der Waals surface area contributed by atoms with Crippen LogP contribution in [0.15, 0.2) is 51.7 Å². The smallest absolute Gasteiger partial charge is 0.339 e. The normalized spacial score (nSPS) is 17.0. The lowest BCUT2D eigenvalue weighted by Gasteiger charge is -2.32. The van der Waals surface area contributed by atoms with E-state index in [1.165, 1.54) is 12.0 Å². The van der Waals surface area contributed by atoms with E-state index in [1.807, 2.05) is 37.3 Å². The number of piperidine rings is 1. The Balaban J connectivity index is 0.00000256. The molecule has 3 aromatic rings. The fourth-order valence-corrected chi connectivity index (χ4v) is 4.14. The van der Waals surface area contributed by atoms with Crippen LogP contribution in [0.5, 0.6) is 5.75 Å². The van der Waals surface area contributed by atoms with Gasteiger partial charge in [0.1, 0.15) is 11.3 Å². The van der Waals surface area contributed by atoms with E-state index in [2.05, 4.69) is 17.0 Å². The van der Waals surface area contributed by atoms with Crippen molar-refractivity contribution in [1.82, 2.24) is 4.90 Å². The number of nitrogens with zero attached hydrogens (tertiary/aromatic N) is 1. The SMILES string of the molecule is Cc1c(C)c2ccc(OCC3CCCN(Cc4ccc(Cl)cc4)C3)cc2oc1=O.Cl. The molecule has 0 bridgehead atoms. The first-order valence-corrected chi connectivity index (χ1v) is 10.5. The Labute approximate surface area is 188 Å². The highest BCUT2D eigenvalue weighted by atomic mass is 35.5. The molecule has 1 atom stereocenters. The van der Waals surface area contributed by atoms with Gasteiger partial charge in [-0.1, -0.05) is 23.7 Å². The number of benzene rings is 2. The third-order valence-electron chi connectivity index (χ3n) is 5.84. The van der Waals surface area contributed by atoms with Crippen molar-refractivity contribution in [1.29, 1.82) is 0 Å². The Hall–Kier alpha value is -2.01. The molecule has 1 aromatic heterocycles. The first-order valence-electron chi connectivity index (χ1n) is 10.1. The number of fused-ring (bicyclic) bond motifs is 1. The van der Waals surface area contributed by atoms with Crippen molar-refractivity contribution in [2.45, 2.75) is 33.2 Å². The zero-order valence-electron chi connectivity index (χ0n) is 17.3. The fraction of sp³-hybridized carbons (Fsp3) is 0.375. The van der Waals surface area contributed by atoms with Gasteiger partial charge in [-0.2, -0.15) is 0 Å². The van der Waals surface area contributed by atoms with Gasteiger partial charge in [0.05, 0.1) is 6.61 Å². The molecule has 0 N–H and O–H groups in total. The van der Waals surface area contributed by atoms with Gasteiger partial charge < -0.3 is 9.15 Å². The molecule has 0 radical (unpaired) electrons. The highest BCUT2D eigenvalue weighted by Crippen LogP contribution is 2.25. The van der Waals surface area contributed by atoms with Gasteiger partial charge in [0, 0.05) is 41.0 Å². The Morgan fingerprint density at radius 1 is 1.13 bits per heavy atom. The monoisotopic (exact) mass is 447 g/mol. The third-order valence-corrected chi connectivity index (χ3v) is 6.09. The lowest BCUT2D eigenvalue weighted by atomic mass is 9.98. The summed E-state index contributed by atoms with van der Waals surface area (Å²) < 4.78 is 11.5. The van der Waals surface area contributed by atoms with Crippen LogP contribution in [0.2, 0.25) is 5.02 Å². The van der Waals surface area contributed by atoms with Crippen molar-refractivity contribution < 1.29 is 9.15 Å². The van der Waals surface area contributed by atoms with Gasteiger partial charge >= 0.3 is 5.63 Å². The maximum Gasteiger partial charge on any atom is 0.339 e. The lowest BCUT2D eigenvalue weighted by Crippen LogP contribution is -2.37. The molecule has 160 valence electrons. The van der Waals surface area contributed by atoms with E-state index in [1.54, 1.807) is 6.92 Å². The molecule has 0 aliphatic carbocycles. The zero-order chi connectivity index (χ0) is 20.4. The molecule has 1 fully saturated rings. The minimum atomic E-state index is -0.280. The summed E-state index contributed by atoms with van der Waals surface area (Å²) in [6, 6.07) is 13.8. The number of likely N-dealkylation sites (tertiary alicyclic amines) is 1. The van der Waals surface area contributed by atoms with Crippen LogP contribution < -0.4 is 10.4 Å². The maximum atomic E-state index is 12.0. The van der Waals surface area contributed by atoms with Gasteiger partial charge in [0.15, 0.2) is 0 Å². The minimum absolute atomic E-state index is 0.